The van der Waals surface area contributed by atoms with Crippen molar-refractivity contribution in [2.24, 2.45) is 0 Å². The molecular weight excluding hydrogens is 280 g/mol. The fraction of sp³-hybridized carbons (Fsp3) is 0.308. The molecule has 1 N–H and O–H groups in total. The third-order valence-corrected chi connectivity index (χ3v) is 2.70. The van der Waals surface area contributed by atoms with E-state index in [4.69, 9.17) is 21.4 Å². The lowest BCUT2D eigenvalue weighted by Gasteiger charge is -2.12. The minimum Gasteiger partial charge on any atom is -0.424 e. The monoisotopic (exact) mass is 294 g/mol. The van der Waals surface area contributed by atoms with Crippen LogP contribution in [0.5, 0.6) is 11.8 Å². The molecular formula is C13H15ClN4O2. The molecule has 1 aromatic heterocycles. The van der Waals surface area contributed by atoms with Crippen LogP contribution in [-0.4, -0.2) is 40.8 Å². The number of ether oxygens (including phenoxy) is 1. The zero-order valence-electron chi connectivity index (χ0n) is 11.2. The maximum Gasteiger partial charge on any atom is 0.328 e. The lowest BCUT2D eigenvalue weighted by molar-refractivity contribution is 0.297. The van der Waals surface area contributed by atoms with Gasteiger partial charge in [-0.3, -0.25) is 0 Å². The van der Waals surface area contributed by atoms with Crippen LogP contribution in [0.3, 0.4) is 0 Å². The van der Waals surface area contributed by atoms with Crippen molar-refractivity contribution in [3.63, 3.8) is 0 Å². The van der Waals surface area contributed by atoms with Gasteiger partial charge in [0.1, 0.15) is 5.75 Å². The molecule has 1 heterocycles. The Hall–Kier alpha value is -1.92. The summed E-state index contributed by atoms with van der Waals surface area (Å²) in [6, 6.07) is 7.51. The second-order valence-electron chi connectivity index (χ2n) is 4.26. The van der Waals surface area contributed by atoms with Crippen LogP contribution >= 0.6 is 11.6 Å². The number of para-hydroxylation sites is 1. The van der Waals surface area contributed by atoms with Crippen molar-refractivity contribution in [2.45, 2.75) is 6.42 Å². The van der Waals surface area contributed by atoms with E-state index in [0.29, 0.717) is 18.1 Å². The molecule has 7 heteroatoms. The first kappa shape index (κ1) is 14.5. The summed E-state index contributed by atoms with van der Waals surface area (Å²) in [6.07, 6.45) is 0.496. The molecule has 0 radical (unpaired) electrons. The first-order valence-corrected chi connectivity index (χ1v) is 6.43. The van der Waals surface area contributed by atoms with Crippen molar-refractivity contribution in [1.82, 2.24) is 15.0 Å². The van der Waals surface area contributed by atoms with Crippen LogP contribution in [0.25, 0.3) is 0 Å². The second kappa shape index (κ2) is 6.49. The number of benzene rings is 1. The fourth-order valence-corrected chi connectivity index (χ4v) is 1.74. The van der Waals surface area contributed by atoms with E-state index in [2.05, 4.69) is 15.0 Å². The van der Waals surface area contributed by atoms with Crippen LogP contribution in [-0.2, 0) is 6.42 Å². The molecule has 0 aliphatic rings. The Morgan fingerprint density at radius 3 is 2.65 bits per heavy atom. The molecule has 0 saturated heterocycles. The van der Waals surface area contributed by atoms with Crippen molar-refractivity contribution in [1.29, 1.82) is 0 Å². The number of rotatable bonds is 5. The number of halogens is 1. The summed E-state index contributed by atoms with van der Waals surface area (Å²) in [5.74, 6) is 1.01. The van der Waals surface area contributed by atoms with E-state index in [1.165, 1.54) is 0 Å². The van der Waals surface area contributed by atoms with Crippen LogP contribution in [0.2, 0.25) is 5.28 Å². The van der Waals surface area contributed by atoms with E-state index in [9.17, 15) is 0 Å². The molecule has 0 saturated carbocycles. The summed E-state index contributed by atoms with van der Waals surface area (Å²) in [5, 5.41) is 9.11. The Balaban J connectivity index is 2.30. The van der Waals surface area contributed by atoms with E-state index >= 15 is 0 Å². The quantitative estimate of drug-likeness (QED) is 0.908. The second-order valence-corrected chi connectivity index (χ2v) is 4.60. The zero-order valence-corrected chi connectivity index (χ0v) is 12.0. The molecule has 0 bridgehead atoms. The Bertz CT molecular complexity index is 592. The Kier molecular flexibility index (Phi) is 4.70. The average Bonchev–Trinajstić information content (AvgIpc) is 2.40. The summed E-state index contributed by atoms with van der Waals surface area (Å²) in [6.45, 7) is 0.0429. The van der Waals surface area contributed by atoms with Crippen LogP contribution in [0.15, 0.2) is 24.3 Å². The van der Waals surface area contributed by atoms with Gasteiger partial charge in [-0.05, 0) is 29.7 Å². The lowest BCUT2D eigenvalue weighted by atomic mass is 10.1. The predicted molar refractivity (Wildman–Crippen MR) is 76.5 cm³/mol. The van der Waals surface area contributed by atoms with Gasteiger partial charge in [-0.15, -0.1) is 0 Å². The van der Waals surface area contributed by atoms with Crippen molar-refractivity contribution < 1.29 is 9.84 Å². The van der Waals surface area contributed by atoms with Crippen LogP contribution < -0.4 is 9.64 Å². The molecule has 0 aliphatic carbocycles. The fourth-order valence-electron chi connectivity index (χ4n) is 1.60. The molecule has 0 aliphatic heterocycles. The predicted octanol–water partition coefficient (Wildman–Crippen LogP) is 1.92. The largest absolute Gasteiger partial charge is 0.424 e. The number of hydrogen-bond acceptors (Lipinski definition) is 6. The minimum atomic E-state index is 0.0429. The molecule has 2 aromatic rings. The van der Waals surface area contributed by atoms with Gasteiger partial charge in [0.05, 0.1) is 0 Å². The van der Waals surface area contributed by atoms with Gasteiger partial charge >= 0.3 is 6.01 Å². The normalized spacial score (nSPS) is 10.4. The van der Waals surface area contributed by atoms with E-state index in [-0.39, 0.29) is 17.9 Å². The van der Waals surface area contributed by atoms with E-state index in [0.717, 1.165) is 5.56 Å². The molecule has 0 fully saturated rings. The van der Waals surface area contributed by atoms with E-state index in [1.54, 1.807) is 25.1 Å². The van der Waals surface area contributed by atoms with Gasteiger partial charge in [-0.1, -0.05) is 18.2 Å². The highest BCUT2D eigenvalue weighted by Gasteiger charge is 2.10. The topological polar surface area (TPSA) is 71.4 Å². The Morgan fingerprint density at radius 2 is 1.95 bits per heavy atom. The maximum atomic E-state index is 9.05. The van der Waals surface area contributed by atoms with Gasteiger partial charge in [0.15, 0.2) is 0 Å². The molecule has 6 nitrogen and oxygen atoms in total. The zero-order chi connectivity index (χ0) is 14.5. The Labute approximate surface area is 122 Å². The number of aliphatic hydroxyl groups excluding tert-OH is 1. The summed E-state index contributed by atoms with van der Waals surface area (Å²) in [5.41, 5.74) is 0.873. The highest BCUT2D eigenvalue weighted by molar-refractivity contribution is 6.28. The molecule has 0 spiro atoms. The van der Waals surface area contributed by atoms with Gasteiger partial charge in [-0.25, -0.2) is 0 Å². The first-order chi connectivity index (χ1) is 9.60. The summed E-state index contributed by atoms with van der Waals surface area (Å²) in [7, 11) is 3.60. The summed E-state index contributed by atoms with van der Waals surface area (Å²) in [4.78, 5) is 13.8. The molecule has 0 amide bonds. The lowest BCUT2D eigenvalue weighted by Crippen LogP contribution is -2.13. The summed E-state index contributed by atoms with van der Waals surface area (Å²) >= 11 is 5.85. The third kappa shape index (κ3) is 3.55. The molecule has 106 valence electrons. The van der Waals surface area contributed by atoms with Crippen LogP contribution in [0, 0.1) is 0 Å². The number of nitrogens with zero attached hydrogens (tertiary/aromatic N) is 4. The van der Waals surface area contributed by atoms with E-state index < -0.39 is 0 Å². The van der Waals surface area contributed by atoms with Crippen molar-refractivity contribution in [3.05, 3.63) is 35.1 Å². The maximum absolute atomic E-state index is 9.05. The van der Waals surface area contributed by atoms with Crippen molar-refractivity contribution >= 4 is 17.5 Å². The Morgan fingerprint density at radius 1 is 1.20 bits per heavy atom. The van der Waals surface area contributed by atoms with Crippen molar-refractivity contribution in [3.8, 4) is 11.8 Å². The van der Waals surface area contributed by atoms with Gasteiger partial charge < -0.3 is 14.7 Å². The summed E-state index contributed by atoms with van der Waals surface area (Å²) < 4.78 is 5.65. The van der Waals surface area contributed by atoms with Gasteiger partial charge in [-0.2, -0.15) is 15.0 Å². The van der Waals surface area contributed by atoms with Gasteiger partial charge in [0.25, 0.3) is 0 Å². The van der Waals surface area contributed by atoms with Crippen LogP contribution in [0.4, 0.5) is 5.95 Å². The third-order valence-electron chi connectivity index (χ3n) is 2.53. The standard InChI is InChI=1S/C13H15ClN4O2/c1-18(2)12-15-11(14)16-13(17-12)20-10-6-4-3-5-9(10)7-8-19/h3-6,19H,7-8H2,1-2H3. The number of aromatic nitrogens is 3. The number of aliphatic hydroxyl groups is 1. The first-order valence-electron chi connectivity index (χ1n) is 6.05. The smallest absolute Gasteiger partial charge is 0.328 e. The number of anilines is 1. The SMILES string of the molecule is CN(C)c1nc(Cl)nc(Oc2ccccc2CCO)n1. The highest BCUT2D eigenvalue weighted by atomic mass is 35.5. The minimum absolute atomic E-state index is 0.0429. The van der Waals surface area contributed by atoms with Gasteiger partial charge in [0.2, 0.25) is 11.2 Å². The highest BCUT2D eigenvalue weighted by Crippen LogP contribution is 2.24. The van der Waals surface area contributed by atoms with Crippen LogP contribution in [0.1, 0.15) is 5.56 Å². The molecule has 0 unspecified atom stereocenters. The number of hydrogen-bond donors (Lipinski definition) is 1. The molecule has 1 aromatic carbocycles. The van der Waals surface area contributed by atoms with Gasteiger partial charge in [0, 0.05) is 20.7 Å². The molecule has 20 heavy (non-hydrogen) atoms. The van der Waals surface area contributed by atoms with Crippen molar-refractivity contribution in [2.75, 3.05) is 25.6 Å². The molecule has 0 atom stereocenters. The average molecular weight is 295 g/mol. The molecule has 2 rings (SSSR count). The van der Waals surface area contributed by atoms with E-state index in [1.807, 2.05) is 18.2 Å².